The molecular weight excluding hydrogens is 236 g/mol. The van der Waals surface area contributed by atoms with Crippen molar-refractivity contribution in [3.05, 3.63) is 17.7 Å². The highest BCUT2D eigenvalue weighted by molar-refractivity contribution is 5.99. The van der Waals surface area contributed by atoms with Crippen LogP contribution >= 0.6 is 0 Å². The number of hydrogen-bond donors (Lipinski definition) is 1. The van der Waals surface area contributed by atoms with Crippen molar-refractivity contribution in [3.8, 4) is 11.5 Å². The minimum Gasteiger partial charge on any atom is -0.454 e. The summed E-state index contributed by atoms with van der Waals surface area (Å²) in [5, 5.41) is 1.36. The Hall–Kier alpha value is -1.95. The van der Waals surface area contributed by atoms with E-state index in [2.05, 4.69) is 0 Å². The number of hydrogen-bond acceptors (Lipinski definition) is 5. The summed E-state index contributed by atoms with van der Waals surface area (Å²) >= 11 is 0. The average Bonchev–Trinajstić information content (AvgIpc) is 2.85. The van der Waals surface area contributed by atoms with Crippen molar-refractivity contribution in [1.82, 2.24) is 5.06 Å². The zero-order chi connectivity index (χ0) is 12.5. The molecular formula is C12H14N2O4. The van der Waals surface area contributed by atoms with Crippen molar-refractivity contribution < 1.29 is 19.1 Å². The maximum Gasteiger partial charge on any atom is 0.279 e. The van der Waals surface area contributed by atoms with Gasteiger partial charge in [0.15, 0.2) is 11.5 Å². The van der Waals surface area contributed by atoms with Crippen LogP contribution in [0.5, 0.6) is 11.5 Å². The molecule has 1 saturated heterocycles. The predicted octanol–water partition coefficient (Wildman–Crippen LogP) is 1.17. The molecule has 2 aliphatic rings. The standard InChI is InChI=1S/C12H14N2O4/c13-9-6-11-10(16-7-17-11)5-8(9)12(15)14-3-1-2-4-18-14/h5-6H,1-4,7,13H2. The third-order valence-electron chi connectivity index (χ3n) is 3.00. The maximum absolute atomic E-state index is 12.2. The Morgan fingerprint density at radius 1 is 1.22 bits per heavy atom. The Kier molecular flexibility index (Phi) is 2.71. The summed E-state index contributed by atoms with van der Waals surface area (Å²) in [5.41, 5.74) is 6.63. The lowest BCUT2D eigenvalue weighted by Crippen LogP contribution is -2.36. The van der Waals surface area contributed by atoms with E-state index >= 15 is 0 Å². The van der Waals surface area contributed by atoms with Gasteiger partial charge >= 0.3 is 0 Å². The van der Waals surface area contributed by atoms with Gasteiger partial charge < -0.3 is 15.2 Å². The summed E-state index contributed by atoms with van der Waals surface area (Å²) in [5.74, 6) is 0.888. The van der Waals surface area contributed by atoms with Crippen LogP contribution in [0.2, 0.25) is 0 Å². The number of amides is 1. The lowest BCUT2D eigenvalue weighted by atomic mass is 10.1. The zero-order valence-electron chi connectivity index (χ0n) is 9.85. The first-order valence-electron chi connectivity index (χ1n) is 5.89. The van der Waals surface area contributed by atoms with Crippen molar-refractivity contribution in [2.75, 3.05) is 25.7 Å². The number of nitrogen functional groups attached to an aromatic ring is 1. The molecule has 6 heteroatoms. The van der Waals surface area contributed by atoms with E-state index in [9.17, 15) is 4.79 Å². The summed E-state index contributed by atoms with van der Waals surface area (Å²) < 4.78 is 10.4. The molecule has 0 saturated carbocycles. The van der Waals surface area contributed by atoms with Crippen LogP contribution in [-0.2, 0) is 4.84 Å². The average molecular weight is 250 g/mol. The van der Waals surface area contributed by atoms with E-state index in [4.69, 9.17) is 20.0 Å². The summed E-state index contributed by atoms with van der Waals surface area (Å²) in [6.45, 7) is 1.32. The van der Waals surface area contributed by atoms with Crippen LogP contribution < -0.4 is 15.2 Å². The number of nitrogens with zero attached hydrogens (tertiary/aromatic N) is 1. The van der Waals surface area contributed by atoms with Crippen LogP contribution in [0.1, 0.15) is 23.2 Å². The topological polar surface area (TPSA) is 74.0 Å². The predicted molar refractivity (Wildman–Crippen MR) is 63.2 cm³/mol. The van der Waals surface area contributed by atoms with Gasteiger partial charge in [0.1, 0.15) is 0 Å². The van der Waals surface area contributed by atoms with Gasteiger partial charge in [0.05, 0.1) is 12.2 Å². The number of nitrogens with two attached hydrogens (primary N) is 1. The molecule has 2 heterocycles. The Morgan fingerprint density at radius 3 is 2.72 bits per heavy atom. The van der Waals surface area contributed by atoms with Crippen LogP contribution in [0.3, 0.4) is 0 Å². The second kappa shape index (κ2) is 4.38. The molecule has 1 aromatic carbocycles. The Balaban J connectivity index is 1.89. The lowest BCUT2D eigenvalue weighted by molar-refractivity contribution is -0.144. The number of carbonyl (C=O) groups is 1. The largest absolute Gasteiger partial charge is 0.454 e. The van der Waals surface area contributed by atoms with E-state index in [-0.39, 0.29) is 12.7 Å². The second-order valence-electron chi connectivity index (χ2n) is 4.24. The number of hydroxylamine groups is 2. The fourth-order valence-electron chi connectivity index (χ4n) is 2.03. The number of anilines is 1. The molecule has 3 rings (SSSR count). The molecule has 0 aromatic heterocycles. The first-order chi connectivity index (χ1) is 8.75. The molecule has 1 amide bonds. The summed E-state index contributed by atoms with van der Waals surface area (Å²) in [4.78, 5) is 17.6. The van der Waals surface area contributed by atoms with E-state index in [0.717, 1.165) is 12.8 Å². The van der Waals surface area contributed by atoms with Crippen molar-refractivity contribution in [2.45, 2.75) is 12.8 Å². The van der Waals surface area contributed by atoms with Crippen molar-refractivity contribution in [3.63, 3.8) is 0 Å². The van der Waals surface area contributed by atoms with E-state index in [0.29, 0.717) is 35.9 Å². The number of benzene rings is 1. The first-order valence-corrected chi connectivity index (χ1v) is 5.89. The first kappa shape index (κ1) is 11.2. The van der Waals surface area contributed by atoms with Crippen LogP contribution in [-0.4, -0.2) is 30.9 Å². The fourth-order valence-corrected chi connectivity index (χ4v) is 2.03. The highest BCUT2D eigenvalue weighted by Crippen LogP contribution is 2.36. The summed E-state index contributed by atoms with van der Waals surface area (Å²) in [6.07, 6.45) is 1.91. The lowest BCUT2D eigenvalue weighted by Gasteiger charge is -2.26. The molecule has 2 aliphatic heterocycles. The van der Waals surface area contributed by atoms with E-state index in [1.165, 1.54) is 5.06 Å². The Bertz CT molecular complexity index is 483. The van der Waals surface area contributed by atoms with Crippen molar-refractivity contribution >= 4 is 11.6 Å². The van der Waals surface area contributed by atoms with Gasteiger partial charge in [0, 0.05) is 18.3 Å². The van der Waals surface area contributed by atoms with Crippen LogP contribution in [0.15, 0.2) is 12.1 Å². The Morgan fingerprint density at radius 2 is 2.00 bits per heavy atom. The van der Waals surface area contributed by atoms with Gasteiger partial charge in [-0.25, -0.2) is 5.06 Å². The van der Waals surface area contributed by atoms with Crippen LogP contribution in [0.25, 0.3) is 0 Å². The summed E-state index contributed by atoms with van der Waals surface area (Å²) in [7, 11) is 0. The Labute approximate surface area is 104 Å². The van der Waals surface area contributed by atoms with Gasteiger partial charge in [0.2, 0.25) is 6.79 Å². The number of fused-ring (bicyclic) bond motifs is 1. The SMILES string of the molecule is Nc1cc2c(cc1C(=O)N1CCCCO1)OCO2. The quantitative estimate of drug-likeness (QED) is 0.757. The van der Waals surface area contributed by atoms with Gasteiger partial charge in [-0.3, -0.25) is 9.63 Å². The molecule has 0 aliphatic carbocycles. The minimum atomic E-state index is -0.231. The van der Waals surface area contributed by atoms with Crippen molar-refractivity contribution in [2.24, 2.45) is 0 Å². The minimum absolute atomic E-state index is 0.159. The van der Waals surface area contributed by atoms with E-state index in [1.807, 2.05) is 0 Å². The molecule has 2 N–H and O–H groups in total. The molecule has 0 bridgehead atoms. The highest BCUT2D eigenvalue weighted by atomic mass is 16.7. The third-order valence-corrected chi connectivity index (χ3v) is 3.00. The molecule has 1 fully saturated rings. The van der Waals surface area contributed by atoms with E-state index in [1.54, 1.807) is 12.1 Å². The third kappa shape index (κ3) is 1.84. The molecule has 0 spiro atoms. The fraction of sp³-hybridized carbons (Fsp3) is 0.417. The molecule has 0 radical (unpaired) electrons. The second-order valence-corrected chi connectivity index (χ2v) is 4.24. The normalized spacial score (nSPS) is 17.9. The number of rotatable bonds is 1. The van der Waals surface area contributed by atoms with Crippen LogP contribution in [0, 0.1) is 0 Å². The van der Waals surface area contributed by atoms with Gasteiger partial charge in [-0.15, -0.1) is 0 Å². The smallest absolute Gasteiger partial charge is 0.279 e. The number of ether oxygens (including phenoxy) is 2. The van der Waals surface area contributed by atoms with Gasteiger partial charge in [-0.05, 0) is 18.9 Å². The van der Waals surface area contributed by atoms with Crippen LogP contribution in [0.4, 0.5) is 5.69 Å². The molecule has 0 atom stereocenters. The zero-order valence-corrected chi connectivity index (χ0v) is 9.85. The van der Waals surface area contributed by atoms with Gasteiger partial charge in [-0.1, -0.05) is 0 Å². The summed E-state index contributed by atoms with van der Waals surface area (Å²) in [6, 6.07) is 3.22. The highest BCUT2D eigenvalue weighted by Gasteiger charge is 2.25. The molecule has 6 nitrogen and oxygen atoms in total. The maximum atomic E-state index is 12.2. The molecule has 96 valence electrons. The van der Waals surface area contributed by atoms with Gasteiger partial charge in [0.25, 0.3) is 5.91 Å². The van der Waals surface area contributed by atoms with Gasteiger partial charge in [-0.2, -0.15) is 0 Å². The monoisotopic (exact) mass is 250 g/mol. The van der Waals surface area contributed by atoms with E-state index < -0.39 is 0 Å². The number of carbonyl (C=O) groups excluding carboxylic acids is 1. The molecule has 0 unspecified atom stereocenters. The molecule has 18 heavy (non-hydrogen) atoms. The van der Waals surface area contributed by atoms with Crippen molar-refractivity contribution in [1.29, 1.82) is 0 Å². The molecule has 1 aromatic rings.